The number of thiazole rings is 1. The number of amides is 1. The molecule has 3 heterocycles. The Morgan fingerprint density at radius 3 is 3.15 bits per heavy atom. The van der Waals surface area contributed by atoms with E-state index >= 15 is 0 Å². The Labute approximate surface area is 119 Å². The third kappa shape index (κ3) is 2.69. The predicted molar refractivity (Wildman–Crippen MR) is 74.8 cm³/mol. The molecule has 0 aromatic carbocycles. The van der Waals surface area contributed by atoms with Gasteiger partial charge >= 0.3 is 6.09 Å². The minimum Gasteiger partial charge on any atom is -0.465 e. The second kappa shape index (κ2) is 5.41. The van der Waals surface area contributed by atoms with Gasteiger partial charge in [0.25, 0.3) is 0 Å². The molecule has 7 nitrogen and oxygen atoms in total. The number of nitrogens with zero attached hydrogens (tertiary/aromatic N) is 4. The summed E-state index contributed by atoms with van der Waals surface area (Å²) in [6.07, 6.45) is 3.33. The number of carboxylic acid groups (broad SMARTS) is 1. The number of carbonyl (C=O) groups is 1. The number of anilines is 1. The van der Waals surface area contributed by atoms with Crippen LogP contribution in [0.4, 0.5) is 10.7 Å². The van der Waals surface area contributed by atoms with E-state index in [4.69, 9.17) is 5.11 Å². The summed E-state index contributed by atoms with van der Waals surface area (Å²) in [4.78, 5) is 25.9. The molecular formula is C12H13N5O2S. The van der Waals surface area contributed by atoms with E-state index in [1.807, 2.05) is 6.07 Å². The standard InChI is InChI=1S/C12H13N5O2S/c18-12(19)17-4-2-8(6-17)15-11-14-3-1-9(16-11)10-5-13-7-20-10/h1,3,5,7-8H,2,4,6H2,(H,18,19)(H,14,15,16)/t8-/m0/s1. The molecule has 2 N–H and O–H groups in total. The molecule has 104 valence electrons. The van der Waals surface area contributed by atoms with E-state index < -0.39 is 6.09 Å². The van der Waals surface area contributed by atoms with Gasteiger partial charge in [0.05, 0.1) is 16.1 Å². The summed E-state index contributed by atoms with van der Waals surface area (Å²) in [5.41, 5.74) is 2.57. The third-order valence-electron chi connectivity index (χ3n) is 3.13. The third-order valence-corrected chi connectivity index (χ3v) is 3.93. The van der Waals surface area contributed by atoms with E-state index in [-0.39, 0.29) is 6.04 Å². The van der Waals surface area contributed by atoms with Crippen molar-refractivity contribution in [3.63, 3.8) is 0 Å². The van der Waals surface area contributed by atoms with Crippen molar-refractivity contribution in [1.82, 2.24) is 19.9 Å². The Kier molecular flexibility index (Phi) is 3.46. The Bertz CT molecular complexity index is 604. The molecule has 20 heavy (non-hydrogen) atoms. The van der Waals surface area contributed by atoms with E-state index in [0.29, 0.717) is 19.0 Å². The van der Waals surface area contributed by atoms with Crippen molar-refractivity contribution in [3.8, 4) is 10.6 Å². The van der Waals surface area contributed by atoms with Crippen LogP contribution in [0.1, 0.15) is 6.42 Å². The highest BCUT2D eigenvalue weighted by atomic mass is 32.1. The van der Waals surface area contributed by atoms with E-state index in [0.717, 1.165) is 17.0 Å². The summed E-state index contributed by atoms with van der Waals surface area (Å²) in [6, 6.07) is 1.89. The lowest BCUT2D eigenvalue weighted by molar-refractivity contribution is 0.155. The van der Waals surface area contributed by atoms with Crippen LogP contribution in [0.5, 0.6) is 0 Å². The van der Waals surface area contributed by atoms with Crippen molar-refractivity contribution in [2.24, 2.45) is 0 Å². The van der Waals surface area contributed by atoms with E-state index in [1.54, 1.807) is 17.9 Å². The lowest BCUT2D eigenvalue weighted by Gasteiger charge is -2.13. The minimum atomic E-state index is -0.881. The van der Waals surface area contributed by atoms with Gasteiger partial charge in [-0.05, 0) is 12.5 Å². The van der Waals surface area contributed by atoms with E-state index in [9.17, 15) is 4.79 Å². The maximum absolute atomic E-state index is 10.9. The van der Waals surface area contributed by atoms with Crippen LogP contribution in [-0.2, 0) is 0 Å². The first-order chi connectivity index (χ1) is 9.72. The van der Waals surface area contributed by atoms with Crippen LogP contribution in [0.2, 0.25) is 0 Å². The molecule has 0 spiro atoms. The van der Waals surface area contributed by atoms with Gasteiger partial charge in [0.1, 0.15) is 0 Å². The summed E-state index contributed by atoms with van der Waals surface area (Å²) < 4.78 is 0. The predicted octanol–water partition coefficient (Wildman–Crippen LogP) is 1.76. The van der Waals surface area contributed by atoms with Gasteiger partial charge in [-0.3, -0.25) is 4.98 Å². The van der Waals surface area contributed by atoms with Crippen molar-refractivity contribution >= 4 is 23.4 Å². The van der Waals surface area contributed by atoms with Gasteiger partial charge in [0, 0.05) is 31.5 Å². The van der Waals surface area contributed by atoms with Crippen LogP contribution in [0.3, 0.4) is 0 Å². The highest BCUT2D eigenvalue weighted by Gasteiger charge is 2.26. The topological polar surface area (TPSA) is 91.2 Å². The monoisotopic (exact) mass is 291 g/mol. The van der Waals surface area contributed by atoms with Gasteiger partial charge in [-0.25, -0.2) is 14.8 Å². The highest BCUT2D eigenvalue weighted by molar-refractivity contribution is 7.13. The minimum absolute atomic E-state index is 0.0582. The molecule has 1 atom stereocenters. The maximum Gasteiger partial charge on any atom is 0.407 e. The maximum atomic E-state index is 10.9. The largest absolute Gasteiger partial charge is 0.465 e. The van der Waals surface area contributed by atoms with Crippen molar-refractivity contribution in [2.45, 2.75) is 12.5 Å². The number of nitrogens with one attached hydrogen (secondary N) is 1. The smallest absolute Gasteiger partial charge is 0.407 e. The average Bonchev–Trinajstić information content (AvgIpc) is 3.10. The average molecular weight is 291 g/mol. The van der Waals surface area contributed by atoms with Crippen LogP contribution >= 0.6 is 11.3 Å². The molecule has 2 aromatic heterocycles. The Hall–Kier alpha value is -2.22. The van der Waals surface area contributed by atoms with Crippen LogP contribution in [-0.4, -0.2) is 50.2 Å². The molecule has 0 aliphatic carbocycles. The lowest BCUT2D eigenvalue weighted by Crippen LogP contribution is -2.30. The van der Waals surface area contributed by atoms with E-state index in [2.05, 4.69) is 20.3 Å². The fourth-order valence-electron chi connectivity index (χ4n) is 2.14. The summed E-state index contributed by atoms with van der Waals surface area (Å²) in [6.45, 7) is 1.00. The van der Waals surface area contributed by atoms with E-state index in [1.165, 1.54) is 16.2 Å². The second-order valence-corrected chi connectivity index (χ2v) is 5.38. The molecule has 0 saturated carbocycles. The van der Waals surface area contributed by atoms with Gasteiger partial charge in [-0.2, -0.15) is 0 Å². The fourth-order valence-corrected chi connectivity index (χ4v) is 2.73. The number of rotatable bonds is 3. The van der Waals surface area contributed by atoms with Gasteiger partial charge in [-0.1, -0.05) is 0 Å². The first-order valence-electron chi connectivity index (χ1n) is 6.18. The summed E-state index contributed by atoms with van der Waals surface area (Å²) in [5.74, 6) is 0.521. The van der Waals surface area contributed by atoms with Crippen LogP contribution in [0.15, 0.2) is 24.0 Å². The van der Waals surface area contributed by atoms with Crippen LogP contribution < -0.4 is 5.32 Å². The van der Waals surface area contributed by atoms with Crippen molar-refractivity contribution in [1.29, 1.82) is 0 Å². The Morgan fingerprint density at radius 2 is 2.45 bits per heavy atom. The fraction of sp³-hybridized carbons (Fsp3) is 0.333. The SMILES string of the molecule is O=C(O)N1CC[C@H](Nc2nccc(-c3cncs3)n2)C1. The molecular weight excluding hydrogens is 278 g/mol. The lowest BCUT2D eigenvalue weighted by atomic mass is 10.3. The first-order valence-corrected chi connectivity index (χ1v) is 7.06. The zero-order valence-electron chi connectivity index (χ0n) is 10.6. The van der Waals surface area contributed by atoms with Gasteiger partial charge < -0.3 is 15.3 Å². The number of likely N-dealkylation sites (tertiary alicyclic amines) is 1. The molecule has 0 unspecified atom stereocenters. The molecule has 2 aromatic rings. The Balaban J connectivity index is 1.70. The van der Waals surface area contributed by atoms with Crippen LogP contribution in [0, 0.1) is 0 Å². The molecule has 0 bridgehead atoms. The normalized spacial score (nSPS) is 18.2. The molecule has 3 rings (SSSR count). The molecule has 1 saturated heterocycles. The number of hydrogen-bond acceptors (Lipinski definition) is 6. The summed E-state index contributed by atoms with van der Waals surface area (Å²) in [5, 5.41) is 12.1. The van der Waals surface area contributed by atoms with Crippen molar-refractivity contribution in [2.75, 3.05) is 18.4 Å². The number of hydrogen-bond donors (Lipinski definition) is 2. The zero-order valence-corrected chi connectivity index (χ0v) is 11.4. The molecule has 0 radical (unpaired) electrons. The van der Waals surface area contributed by atoms with Gasteiger partial charge in [-0.15, -0.1) is 11.3 Å². The second-order valence-electron chi connectivity index (χ2n) is 4.49. The van der Waals surface area contributed by atoms with Crippen molar-refractivity contribution < 1.29 is 9.90 Å². The molecule has 1 aliphatic rings. The highest BCUT2D eigenvalue weighted by Crippen LogP contribution is 2.22. The van der Waals surface area contributed by atoms with Crippen LogP contribution in [0.25, 0.3) is 10.6 Å². The first kappa shape index (κ1) is 12.8. The summed E-state index contributed by atoms with van der Waals surface area (Å²) >= 11 is 1.52. The Morgan fingerprint density at radius 1 is 1.55 bits per heavy atom. The number of aromatic nitrogens is 3. The molecule has 1 fully saturated rings. The molecule has 1 amide bonds. The summed E-state index contributed by atoms with van der Waals surface area (Å²) in [7, 11) is 0. The van der Waals surface area contributed by atoms with Crippen molar-refractivity contribution in [3.05, 3.63) is 24.0 Å². The van der Waals surface area contributed by atoms with Gasteiger partial charge in [0.15, 0.2) is 0 Å². The molecule has 1 aliphatic heterocycles. The quantitative estimate of drug-likeness (QED) is 0.895. The van der Waals surface area contributed by atoms with Gasteiger partial charge in [0.2, 0.25) is 5.95 Å². The zero-order chi connectivity index (χ0) is 13.9. The molecule has 8 heteroatoms.